The molecule has 9 nitrogen and oxygen atoms in total. The molecule has 4 aromatic carbocycles. The Labute approximate surface area is 255 Å². The maximum Gasteiger partial charge on any atom is 0.272 e. The lowest BCUT2D eigenvalue weighted by molar-refractivity contribution is -0.384. The van der Waals surface area contributed by atoms with Gasteiger partial charge in [0.1, 0.15) is 5.70 Å². The third kappa shape index (κ3) is 8.93. The highest BCUT2D eigenvalue weighted by Crippen LogP contribution is 2.25. The van der Waals surface area contributed by atoms with Gasteiger partial charge in [-0.1, -0.05) is 47.5 Å². The summed E-state index contributed by atoms with van der Waals surface area (Å²) in [6, 6.07) is 25.5. The fourth-order valence-electron chi connectivity index (χ4n) is 3.64. The van der Waals surface area contributed by atoms with E-state index in [0.717, 1.165) is 0 Å². The maximum absolute atomic E-state index is 13.3. The van der Waals surface area contributed by atoms with Crippen molar-refractivity contribution in [1.82, 2.24) is 5.32 Å². The van der Waals surface area contributed by atoms with Crippen molar-refractivity contribution in [2.75, 3.05) is 16.4 Å². The molecule has 0 atom stereocenters. The molecule has 0 radical (unpaired) electrons. The predicted octanol–water partition coefficient (Wildman–Crippen LogP) is 7.04. The zero-order valence-electron chi connectivity index (χ0n) is 21.7. The molecule has 0 aliphatic rings. The van der Waals surface area contributed by atoms with Crippen LogP contribution in [0, 0.1) is 10.1 Å². The minimum absolute atomic E-state index is 0.0738. The van der Waals surface area contributed by atoms with Crippen LogP contribution in [0.1, 0.15) is 15.9 Å². The van der Waals surface area contributed by atoms with Crippen LogP contribution in [0.25, 0.3) is 6.08 Å². The molecule has 12 heteroatoms. The fourth-order valence-corrected chi connectivity index (χ4v) is 4.92. The molecule has 0 saturated heterocycles. The lowest BCUT2D eigenvalue weighted by Crippen LogP contribution is -2.30. The van der Waals surface area contributed by atoms with Crippen LogP contribution in [0.15, 0.2) is 108 Å². The number of benzene rings is 4. The minimum Gasteiger partial charge on any atom is -0.325 e. The number of carbonyl (C=O) groups excluding carboxylic acids is 3. The molecule has 0 aliphatic carbocycles. The fraction of sp³-hybridized carbons (Fsp3) is 0.0333. The van der Waals surface area contributed by atoms with E-state index in [9.17, 15) is 24.5 Å². The first-order valence-corrected chi connectivity index (χ1v) is 14.0. The van der Waals surface area contributed by atoms with Crippen LogP contribution < -0.4 is 16.0 Å². The Morgan fingerprint density at radius 2 is 1.50 bits per heavy atom. The second kappa shape index (κ2) is 14.3. The average molecular weight is 622 g/mol. The summed E-state index contributed by atoms with van der Waals surface area (Å²) in [5, 5.41) is 19.9. The van der Waals surface area contributed by atoms with Crippen molar-refractivity contribution in [2.45, 2.75) is 4.90 Å². The molecule has 0 aliphatic heterocycles. The van der Waals surface area contributed by atoms with E-state index in [0.29, 0.717) is 37.4 Å². The van der Waals surface area contributed by atoms with E-state index in [4.69, 9.17) is 23.2 Å². The van der Waals surface area contributed by atoms with E-state index in [2.05, 4.69) is 16.0 Å². The number of halogens is 2. The summed E-state index contributed by atoms with van der Waals surface area (Å²) >= 11 is 13.2. The molecule has 212 valence electrons. The normalized spacial score (nSPS) is 11.0. The molecule has 0 saturated carbocycles. The van der Waals surface area contributed by atoms with Crippen molar-refractivity contribution >= 4 is 75.8 Å². The Kier molecular flexibility index (Phi) is 10.3. The summed E-state index contributed by atoms with van der Waals surface area (Å²) in [7, 11) is 0. The first-order chi connectivity index (χ1) is 20.2. The highest BCUT2D eigenvalue weighted by atomic mass is 35.5. The number of carbonyl (C=O) groups is 3. The van der Waals surface area contributed by atoms with E-state index in [1.807, 2.05) is 0 Å². The van der Waals surface area contributed by atoms with Crippen LogP contribution >= 0.6 is 35.0 Å². The number of thioether (sulfide) groups is 1. The number of non-ortho nitro benzene ring substituents is 1. The highest BCUT2D eigenvalue weighted by Gasteiger charge is 2.16. The maximum atomic E-state index is 13.3. The van der Waals surface area contributed by atoms with Gasteiger partial charge in [0.05, 0.1) is 10.7 Å². The smallest absolute Gasteiger partial charge is 0.272 e. The number of nitro groups is 1. The van der Waals surface area contributed by atoms with Gasteiger partial charge >= 0.3 is 0 Å². The molecular formula is C30H22Cl2N4O5S. The van der Waals surface area contributed by atoms with Crippen LogP contribution in [0.4, 0.5) is 17.1 Å². The summed E-state index contributed by atoms with van der Waals surface area (Å²) in [5.41, 5.74) is 1.53. The number of nitro benzene ring substituents is 1. The molecule has 0 bridgehead atoms. The number of rotatable bonds is 10. The van der Waals surface area contributed by atoms with Crippen LogP contribution in [-0.4, -0.2) is 28.4 Å². The Morgan fingerprint density at radius 3 is 2.17 bits per heavy atom. The number of amides is 3. The van der Waals surface area contributed by atoms with E-state index in [1.54, 1.807) is 72.8 Å². The third-order valence-electron chi connectivity index (χ3n) is 5.55. The Hall–Kier alpha value is -4.64. The van der Waals surface area contributed by atoms with Crippen LogP contribution in [0.3, 0.4) is 0 Å². The topological polar surface area (TPSA) is 130 Å². The van der Waals surface area contributed by atoms with Crippen molar-refractivity contribution in [3.63, 3.8) is 0 Å². The largest absolute Gasteiger partial charge is 0.325 e. The quantitative estimate of drug-likeness (QED) is 0.0754. The Balaban J connectivity index is 1.47. The van der Waals surface area contributed by atoms with Crippen molar-refractivity contribution < 1.29 is 19.3 Å². The van der Waals surface area contributed by atoms with Gasteiger partial charge in [-0.05, 0) is 72.3 Å². The van der Waals surface area contributed by atoms with Gasteiger partial charge in [0.25, 0.3) is 17.5 Å². The van der Waals surface area contributed by atoms with E-state index < -0.39 is 16.7 Å². The van der Waals surface area contributed by atoms with Gasteiger partial charge < -0.3 is 16.0 Å². The van der Waals surface area contributed by atoms with Gasteiger partial charge in [-0.15, -0.1) is 11.8 Å². The summed E-state index contributed by atoms with van der Waals surface area (Å²) in [6.45, 7) is 0. The summed E-state index contributed by atoms with van der Waals surface area (Å²) in [6.07, 6.45) is 1.42. The SMILES string of the molecule is O=C(CSc1cccc(NC(=O)/C(=C\c2ccc([N+](=O)[O-])cc2)NC(=O)c2ccccc2)c1)Nc1cc(Cl)cc(Cl)c1. The Morgan fingerprint density at radius 1 is 0.810 bits per heavy atom. The lowest BCUT2D eigenvalue weighted by atomic mass is 10.1. The second-order valence-electron chi connectivity index (χ2n) is 8.70. The zero-order chi connectivity index (χ0) is 30.1. The number of anilines is 2. The molecule has 0 aromatic heterocycles. The minimum atomic E-state index is -0.615. The Bertz CT molecular complexity index is 1640. The van der Waals surface area contributed by atoms with Crippen LogP contribution in [0.5, 0.6) is 0 Å². The van der Waals surface area contributed by atoms with Crippen molar-refractivity contribution in [1.29, 1.82) is 0 Å². The summed E-state index contributed by atoms with van der Waals surface area (Å²) in [4.78, 5) is 49.8. The summed E-state index contributed by atoms with van der Waals surface area (Å²) < 4.78 is 0. The average Bonchev–Trinajstić information content (AvgIpc) is 2.96. The van der Waals surface area contributed by atoms with E-state index >= 15 is 0 Å². The standard InChI is InChI=1S/C30H22Cl2N4O5S/c31-21-14-22(32)16-24(15-21)33-28(37)18-42-26-8-4-7-23(17-26)34-30(39)27(35-29(38)20-5-2-1-3-6-20)13-19-9-11-25(12-10-19)36(40)41/h1-17H,18H2,(H,33,37)(H,34,39)(H,35,38)/b27-13+. The zero-order valence-corrected chi connectivity index (χ0v) is 24.0. The molecule has 0 spiro atoms. The number of hydrogen-bond acceptors (Lipinski definition) is 6. The molecule has 0 fully saturated rings. The first kappa shape index (κ1) is 30.3. The van der Waals surface area contributed by atoms with Gasteiger partial charge in [-0.3, -0.25) is 24.5 Å². The van der Waals surface area contributed by atoms with Gasteiger partial charge in [-0.2, -0.15) is 0 Å². The lowest BCUT2D eigenvalue weighted by Gasteiger charge is -2.12. The van der Waals surface area contributed by atoms with E-state index in [-0.39, 0.29) is 23.0 Å². The molecule has 0 heterocycles. The van der Waals surface area contributed by atoms with Gasteiger partial charge in [0.2, 0.25) is 5.91 Å². The summed E-state index contributed by atoms with van der Waals surface area (Å²) in [5.74, 6) is -1.31. The molecule has 3 N–H and O–H groups in total. The molecule has 42 heavy (non-hydrogen) atoms. The van der Waals surface area contributed by atoms with Crippen molar-refractivity contribution in [3.8, 4) is 0 Å². The van der Waals surface area contributed by atoms with Gasteiger partial charge in [0.15, 0.2) is 0 Å². The number of nitrogens with zero attached hydrogens (tertiary/aromatic N) is 1. The van der Waals surface area contributed by atoms with E-state index in [1.165, 1.54) is 42.1 Å². The van der Waals surface area contributed by atoms with Crippen molar-refractivity contribution in [3.05, 3.63) is 134 Å². The van der Waals surface area contributed by atoms with Crippen molar-refractivity contribution in [2.24, 2.45) is 0 Å². The third-order valence-corrected chi connectivity index (χ3v) is 6.98. The first-order valence-electron chi connectivity index (χ1n) is 12.3. The van der Waals surface area contributed by atoms with Crippen LogP contribution in [0.2, 0.25) is 10.0 Å². The predicted molar refractivity (Wildman–Crippen MR) is 166 cm³/mol. The molecule has 4 aromatic rings. The number of hydrogen-bond donors (Lipinski definition) is 3. The van der Waals surface area contributed by atoms with Gasteiger partial charge in [0, 0.05) is 44.0 Å². The molecule has 0 unspecified atom stereocenters. The second-order valence-corrected chi connectivity index (χ2v) is 10.6. The van der Waals surface area contributed by atoms with Crippen LogP contribution in [-0.2, 0) is 9.59 Å². The van der Waals surface area contributed by atoms with Gasteiger partial charge in [-0.25, -0.2) is 0 Å². The molecule has 3 amide bonds. The highest BCUT2D eigenvalue weighted by molar-refractivity contribution is 8.00. The molecule has 4 rings (SSSR count). The molecular weight excluding hydrogens is 599 g/mol. The number of nitrogens with one attached hydrogen (secondary N) is 3. The monoisotopic (exact) mass is 620 g/mol.